The highest BCUT2D eigenvalue weighted by molar-refractivity contribution is 5.89. The molecule has 7 heteroatoms. The van der Waals surface area contributed by atoms with Crippen molar-refractivity contribution < 1.29 is 18.7 Å². The van der Waals surface area contributed by atoms with Crippen LogP contribution in [0.2, 0.25) is 0 Å². The predicted molar refractivity (Wildman–Crippen MR) is 99.7 cm³/mol. The zero-order valence-electron chi connectivity index (χ0n) is 15.6. The maximum absolute atomic E-state index is 13.2. The molecule has 27 heavy (non-hydrogen) atoms. The van der Waals surface area contributed by atoms with Gasteiger partial charge < -0.3 is 20.3 Å². The van der Waals surface area contributed by atoms with Gasteiger partial charge in [0.15, 0.2) is 0 Å². The molecule has 1 saturated heterocycles. The lowest BCUT2D eigenvalue weighted by atomic mass is 9.98. The number of piperazine rings is 1. The van der Waals surface area contributed by atoms with Crippen LogP contribution in [0.5, 0.6) is 0 Å². The number of nitrogens with one attached hydrogen (secondary N) is 2. The highest BCUT2D eigenvalue weighted by Crippen LogP contribution is 2.24. The lowest BCUT2D eigenvalue weighted by Gasteiger charge is -2.35. The summed E-state index contributed by atoms with van der Waals surface area (Å²) in [6, 6.07) is 4.67. The van der Waals surface area contributed by atoms with Crippen molar-refractivity contribution in [2.45, 2.75) is 50.7 Å². The number of urea groups is 1. The van der Waals surface area contributed by atoms with Crippen molar-refractivity contribution in [1.29, 1.82) is 0 Å². The van der Waals surface area contributed by atoms with E-state index in [1.165, 1.54) is 36.3 Å². The van der Waals surface area contributed by atoms with E-state index in [1.807, 2.05) is 0 Å². The van der Waals surface area contributed by atoms with E-state index in [2.05, 4.69) is 10.6 Å². The third-order valence-electron chi connectivity index (χ3n) is 5.16. The van der Waals surface area contributed by atoms with Crippen molar-refractivity contribution in [3.63, 3.8) is 0 Å². The van der Waals surface area contributed by atoms with Crippen LogP contribution in [0.4, 0.5) is 9.18 Å². The SMILES string of the molecule is O=C1NCCN(C(=O)NCCCOC2CCCCC2)[C@H]1c1ccc(F)cc1. The zero-order chi connectivity index (χ0) is 19.1. The van der Waals surface area contributed by atoms with Crippen molar-refractivity contribution in [2.75, 3.05) is 26.2 Å². The summed E-state index contributed by atoms with van der Waals surface area (Å²) in [5.41, 5.74) is 0.601. The standard InChI is InChI=1S/C20H28FN3O3/c21-16-9-7-15(8-10-16)18-19(25)22-12-13-24(18)20(26)23-11-4-14-27-17-5-2-1-3-6-17/h7-10,17-18H,1-6,11-14H2,(H,22,25)(H,23,26)/t18-/m0/s1. The Labute approximate surface area is 159 Å². The zero-order valence-corrected chi connectivity index (χ0v) is 15.6. The summed E-state index contributed by atoms with van der Waals surface area (Å²) in [6.45, 7) is 1.96. The summed E-state index contributed by atoms with van der Waals surface area (Å²) < 4.78 is 19.0. The van der Waals surface area contributed by atoms with Gasteiger partial charge in [-0.25, -0.2) is 9.18 Å². The molecular weight excluding hydrogens is 349 g/mol. The molecule has 0 aromatic heterocycles. The third-order valence-corrected chi connectivity index (χ3v) is 5.16. The number of halogens is 1. The van der Waals surface area contributed by atoms with Gasteiger partial charge in [0, 0.05) is 26.2 Å². The van der Waals surface area contributed by atoms with Crippen molar-refractivity contribution in [3.8, 4) is 0 Å². The van der Waals surface area contributed by atoms with E-state index in [0.717, 1.165) is 19.3 Å². The van der Waals surface area contributed by atoms with Crippen LogP contribution < -0.4 is 10.6 Å². The van der Waals surface area contributed by atoms with Gasteiger partial charge in [-0.1, -0.05) is 31.4 Å². The first-order chi connectivity index (χ1) is 13.1. The topological polar surface area (TPSA) is 70.7 Å². The maximum Gasteiger partial charge on any atom is 0.318 e. The van der Waals surface area contributed by atoms with Crippen LogP contribution in [-0.2, 0) is 9.53 Å². The lowest BCUT2D eigenvalue weighted by molar-refractivity contribution is -0.127. The molecule has 2 aliphatic rings. The quantitative estimate of drug-likeness (QED) is 0.749. The van der Waals surface area contributed by atoms with E-state index in [9.17, 15) is 14.0 Å². The molecule has 0 radical (unpaired) electrons. The fourth-order valence-electron chi connectivity index (χ4n) is 3.71. The molecule has 1 atom stereocenters. The van der Waals surface area contributed by atoms with Crippen LogP contribution in [0.3, 0.4) is 0 Å². The van der Waals surface area contributed by atoms with E-state index in [1.54, 1.807) is 12.1 Å². The largest absolute Gasteiger partial charge is 0.378 e. The van der Waals surface area contributed by atoms with Gasteiger partial charge in [-0.2, -0.15) is 0 Å². The van der Waals surface area contributed by atoms with Crippen molar-refractivity contribution in [1.82, 2.24) is 15.5 Å². The van der Waals surface area contributed by atoms with E-state index in [-0.39, 0.29) is 17.8 Å². The minimum absolute atomic E-state index is 0.247. The van der Waals surface area contributed by atoms with Gasteiger partial charge in [0.05, 0.1) is 6.10 Å². The molecule has 1 aliphatic heterocycles. The summed E-state index contributed by atoms with van der Waals surface area (Å²) in [5, 5.41) is 5.64. The Morgan fingerprint density at radius 3 is 2.70 bits per heavy atom. The van der Waals surface area contributed by atoms with Crippen molar-refractivity contribution in [3.05, 3.63) is 35.6 Å². The molecule has 3 amide bonds. The number of carbonyl (C=O) groups is 2. The van der Waals surface area contributed by atoms with Gasteiger partial charge in [0.1, 0.15) is 11.9 Å². The van der Waals surface area contributed by atoms with Crippen LogP contribution >= 0.6 is 0 Å². The highest BCUT2D eigenvalue weighted by atomic mass is 19.1. The summed E-state index contributed by atoms with van der Waals surface area (Å²) in [7, 11) is 0. The summed E-state index contributed by atoms with van der Waals surface area (Å²) in [6.07, 6.45) is 7.15. The number of hydrogen-bond donors (Lipinski definition) is 2. The molecule has 1 aromatic carbocycles. The minimum atomic E-state index is -0.738. The number of benzene rings is 1. The maximum atomic E-state index is 13.2. The Balaban J connectivity index is 1.48. The molecule has 0 unspecified atom stereocenters. The molecule has 6 nitrogen and oxygen atoms in total. The number of amides is 3. The van der Waals surface area contributed by atoms with E-state index < -0.39 is 6.04 Å². The Hall–Kier alpha value is -2.15. The molecule has 0 bridgehead atoms. The van der Waals surface area contributed by atoms with Gasteiger partial charge in [0.2, 0.25) is 5.91 Å². The smallest absolute Gasteiger partial charge is 0.318 e. The second kappa shape index (κ2) is 9.69. The fourth-order valence-corrected chi connectivity index (χ4v) is 3.71. The molecule has 1 heterocycles. The van der Waals surface area contributed by atoms with Crippen molar-refractivity contribution in [2.24, 2.45) is 0 Å². The van der Waals surface area contributed by atoms with Crippen LogP contribution in [-0.4, -0.2) is 49.2 Å². The van der Waals surface area contributed by atoms with E-state index in [0.29, 0.717) is 37.9 Å². The number of ether oxygens (including phenoxy) is 1. The van der Waals surface area contributed by atoms with Crippen LogP contribution in [0.15, 0.2) is 24.3 Å². The first kappa shape index (κ1) is 19.6. The molecular formula is C20H28FN3O3. The van der Waals surface area contributed by atoms with Crippen LogP contribution in [0.1, 0.15) is 50.1 Å². The molecule has 1 saturated carbocycles. The predicted octanol–water partition coefficient (Wildman–Crippen LogP) is 2.75. The lowest BCUT2D eigenvalue weighted by Crippen LogP contribution is -2.55. The van der Waals surface area contributed by atoms with Crippen LogP contribution in [0, 0.1) is 5.82 Å². The molecule has 148 valence electrons. The van der Waals surface area contributed by atoms with Gasteiger partial charge >= 0.3 is 6.03 Å². The second-order valence-electron chi connectivity index (χ2n) is 7.15. The van der Waals surface area contributed by atoms with Crippen LogP contribution in [0.25, 0.3) is 0 Å². The molecule has 1 aliphatic carbocycles. The van der Waals surface area contributed by atoms with Crippen molar-refractivity contribution >= 4 is 11.9 Å². The highest BCUT2D eigenvalue weighted by Gasteiger charge is 2.34. The minimum Gasteiger partial charge on any atom is -0.378 e. The summed E-state index contributed by atoms with van der Waals surface area (Å²) >= 11 is 0. The first-order valence-corrected chi connectivity index (χ1v) is 9.84. The molecule has 2 fully saturated rings. The second-order valence-corrected chi connectivity index (χ2v) is 7.15. The van der Waals surface area contributed by atoms with E-state index in [4.69, 9.17) is 4.74 Å². The molecule has 3 rings (SSSR count). The Bertz CT molecular complexity index is 632. The van der Waals surface area contributed by atoms with Gasteiger partial charge in [0.25, 0.3) is 0 Å². The average molecular weight is 377 g/mol. The van der Waals surface area contributed by atoms with Gasteiger partial charge in [-0.3, -0.25) is 4.79 Å². The third kappa shape index (κ3) is 5.42. The number of carbonyl (C=O) groups excluding carboxylic acids is 2. The molecule has 2 N–H and O–H groups in total. The van der Waals surface area contributed by atoms with Gasteiger partial charge in [-0.05, 0) is 37.0 Å². The fraction of sp³-hybridized carbons (Fsp3) is 0.600. The first-order valence-electron chi connectivity index (χ1n) is 9.84. The summed E-state index contributed by atoms with van der Waals surface area (Å²) in [5.74, 6) is -0.618. The molecule has 1 aromatic rings. The average Bonchev–Trinajstić information content (AvgIpc) is 2.69. The Morgan fingerprint density at radius 2 is 1.96 bits per heavy atom. The molecule has 0 spiro atoms. The monoisotopic (exact) mass is 377 g/mol. The van der Waals surface area contributed by atoms with Gasteiger partial charge in [-0.15, -0.1) is 0 Å². The number of nitrogens with zero attached hydrogens (tertiary/aromatic N) is 1. The number of hydrogen-bond acceptors (Lipinski definition) is 3. The number of rotatable bonds is 6. The summed E-state index contributed by atoms with van der Waals surface area (Å²) in [4.78, 5) is 26.4. The van der Waals surface area contributed by atoms with E-state index >= 15 is 0 Å². The Kier molecular flexibility index (Phi) is 7.04. The normalized spacial score (nSPS) is 21.0. The Morgan fingerprint density at radius 1 is 1.22 bits per heavy atom.